The van der Waals surface area contributed by atoms with E-state index in [2.05, 4.69) is 0 Å². The van der Waals surface area contributed by atoms with E-state index in [4.69, 9.17) is 4.74 Å². The molecule has 0 aliphatic carbocycles. The minimum atomic E-state index is -1.02. The normalized spacial score (nSPS) is 25.0. The zero-order valence-corrected chi connectivity index (χ0v) is 17.5. The number of likely N-dealkylation sites (N-methyl/N-ethyl adjacent to an activating group) is 1. The summed E-state index contributed by atoms with van der Waals surface area (Å²) in [4.78, 5) is 29.5. The molecular weight excluding hydrogens is 380 g/mol. The van der Waals surface area contributed by atoms with E-state index >= 15 is 0 Å². The van der Waals surface area contributed by atoms with Crippen LogP contribution in [-0.2, 0) is 26.5 Å². The molecule has 1 N–H and O–H groups in total. The fourth-order valence-corrected chi connectivity index (χ4v) is 4.80. The summed E-state index contributed by atoms with van der Waals surface area (Å²) in [6.45, 7) is 2.64. The third kappa shape index (κ3) is 3.40. The molecule has 4 rings (SSSR count). The number of hydrogen-bond donors (Lipinski definition) is 1. The number of carbonyl (C=O) groups excluding carboxylic acids is 2. The van der Waals surface area contributed by atoms with Crippen LogP contribution in [0.3, 0.4) is 0 Å². The standard InChI is InChI=1S/C24H28N2O4/c1-17-14-19(15-22(28)26(12-13-27)16-18-8-4-3-5-9-18)30-24(17)20-10-6-7-11-21(20)25(2)23(24)29/h3-11,17,19,27H,12-16H2,1-2H3/t17-,19-,24+/m1/s1. The first-order chi connectivity index (χ1) is 14.5. The number of hydrogen-bond acceptors (Lipinski definition) is 4. The topological polar surface area (TPSA) is 70.1 Å². The van der Waals surface area contributed by atoms with Gasteiger partial charge in [-0.05, 0) is 18.1 Å². The molecule has 0 aromatic heterocycles. The maximum Gasteiger partial charge on any atom is 0.264 e. The van der Waals surface area contributed by atoms with Crippen LogP contribution in [-0.4, -0.2) is 48.1 Å². The Bertz CT molecular complexity index is 932. The molecule has 6 nitrogen and oxygen atoms in total. The van der Waals surface area contributed by atoms with Gasteiger partial charge in [-0.3, -0.25) is 9.59 Å². The van der Waals surface area contributed by atoms with Crippen molar-refractivity contribution in [3.05, 3.63) is 65.7 Å². The van der Waals surface area contributed by atoms with Crippen LogP contribution in [0.5, 0.6) is 0 Å². The van der Waals surface area contributed by atoms with Crippen LogP contribution in [0.25, 0.3) is 0 Å². The average molecular weight is 408 g/mol. The predicted octanol–water partition coefficient (Wildman–Crippen LogP) is 2.69. The summed E-state index contributed by atoms with van der Waals surface area (Å²) >= 11 is 0. The molecular formula is C24H28N2O4. The first-order valence-corrected chi connectivity index (χ1v) is 10.5. The van der Waals surface area contributed by atoms with Gasteiger partial charge in [-0.1, -0.05) is 55.5 Å². The molecule has 2 aliphatic heterocycles. The van der Waals surface area contributed by atoms with Crippen LogP contribution >= 0.6 is 0 Å². The summed E-state index contributed by atoms with van der Waals surface area (Å²) in [5.74, 6) is -0.175. The number of aliphatic hydroxyl groups is 1. The first-order valence-electron chi connectivity index (χ1n) is 10.5. The maximum atomic E-state index is 13.2. The van der Waals surface area contributed by atoms with E-state index in [1.54, 1.807) is 16.8 Å². The van der Waals surface area contributed by atoms with Crippen LogP contribution in [0.2, 0.25) is 0 Å². The summed E-state index contributed by atoms with van der Waals surface area (Å²) in [6.07, 6.45) is 0.490. The molecule has 30 heavy (non-hydrogen) atoms. The minimum Gasteiger partial charge on any atom is -0.395 e. The van der Waals surface area contributed by atoms with Crippen LogP contribution in [0.1, 0.15) is 30.9 Å². The highest BCUT2D eigenvalue weighted by Gasteiger charge is 2.59. The molecule has 2 aliphatic rings. The first kappa shape index (κ1) is 20.6. The van der Waals surface area contributed by atoms with Gasteiger partial charge in [0.1, 0.15) is 0 Å². The van der Waals surface area contributed by atoms with Gasteiger partial charge in [0.15, 0.2) is 5.60 Å². The van der Waals surface area contributed by atoms with Gasteiger partial charge in [-0.15, -0.1) is 0 Å². The molecule has 1 fully saturated rings. The lowest BCUT2D eigenvalue weighted by Gasteiger charge is -2.28. The van der Waals surface area contributed by atoms with E-state index in [9.17, 15) is 14.7 Å². The molecule has 6 heteroatoms. The Morgan fingerprint density at radius 3 is 2.63 bits per heavy atom. The number of carbonyl (C=O) groups is 2. The largest absolute Gasteiger partial charge is 0.395 e. The van der Waals surface area contributed by atoms with E-state index in [0.717, 1.165) is 16.8 Å². The molecule has 2 aromatic carbocycles. The van der Waals surface area contributed by atoms with Gasteiger partial charge in [-0.25, -0.2) is 0 Å². The second-order valence-corrected chi connectivity index (χ2v) is 8.22. The Morgan fingerprint density at radius 1 is 1.20 bits per heavy atom. The van der Waals surface area contributed by atoms with E-state index < -0.39 is 5.60 Å². The molecule has 0 unspecified atom stereocenters. The van der Waals surface area contributed by atoms with Gasteiger partial charge < -0.3 is 19.6 Å². The van der Waals surface area contributed by atoms with Crippen molar-refractivity contribution in [1.29, 1.82) is 0 Å². The van der Waals surface area contributed by atoms with Crippen molar-refractivity contribution in [3.8, 4) is 0 Å². The number of benzene rings is 2. The number of amides is 2. The van der Waals surface area contributed by atoms with Crippen molar-refractivity contribution in [1.82, 2.24) is 4.90 Å². The summed E-state index contributed by atoms with van der Waals surface area (Å²) in [6, 6.07) is 17.4. The summed E-state index contributed by atoms with van der Waals surface area (Å²) in [5, 5.41) is 9.43. The minimum absolute atomic E-state index is 0.0330. The van der Waals surface area contributed by atoms with Crippen LogP contribution in [0, 0.1) is 5.92 Å². The third-order valence-electron chi connectivity index (χ3n) is 6.29. The maximum absolute atomic E-state index is 13.2. The Labute approximate surface area is 177 Å². The van der Waals surface area contributed by atoms with Gasteiger partial charge in [-0.2, -0.15) is 0 Å². The van der Waals surface area contributed by atoms with E-state index in [1.807, 2.05) is 61.5 Å². The third-order valence-corrected chi connectivity index (χ3v) is 6.29. The fourth-order valence-electron chi connectivity index (χ4n) is 4.80. The van der Waals surface area contributed by atoms with Gasteiger partial charge in [0, 0.05) is 31.6 Å². The number of para-hydroxylation sites is 1. The highest BCUT2D eigenvalue weighted by atomic mass is 16.5. The summed E-state index contributed by atoms with van der Waals surface area (Å²) in [5.41, 5.74) is 1.75. The number of fused-ring (bicyclic) bond motifs is 2. The van der Waals surface area contributed by atoms with E-state index in [-0.39, 0.29) is 43.4 Å². The zero-order valence-electron chi connectivity index (χ0n) is 17.5. The van der Waals surface area contributed by atoms with Crippen molar-refractivity contribution in [3.63, 3.8) is 0 Å². The molecule has 0 saturated carbocycles. The predicted molar refractivity (Wildman–Crippen MR) is 114 cm³/mol. The zero-order chi connectivity index (χ0) is 21.3. The van der Waals surface area contributed by atoms with Crippen molar-refractivity contribution >= 4 is 17.5 Å². The second-order valence-electron chi connectivity index (χ2n) is 8.22. The van der Waals surface area contributed by atoms with Gasteiger partial charge >= 0.3 is 0 Å². The Hall–Kier alpha value is -2.70. The molecule has 1 spiro atoms. The van der Waals surface area contributed by atoms with Crippen LogP contribution in [0.15, 0.2) is 54.6 Å². The molecule has 2 aromatic rings. The molecule has 2 heterocycles. The molecule has 3 atom stereocenters. The number of aliphatic hydroxyl groups excluding tert-OH is 1. The van der Waals surface area contributed by atoms with Crippen LogP contribution in [0.4, 0.5) is 5.69 Å². The van der Waals surface area contributed by atoms with Crippen molar-refractivity contribution in [2.24, 2.45) is 5.92 Å². The Kier molecular flexibility index (Phi) is 5.62. The van der Waals surface area contributed by atoms with Gasteiger partial charge in [0.05, 0.1) is 24.8 Å². The smallest absolute Gasteiger partial charge is 0.264 e. The number of nitrogens with zero attached hydrogens (tertiary/aromatic N) is 2. The lowest BCUT2D eigenvalue weighted by molar-refractivity contribution is -0.149. The van der Waals surface area contributed by atoms with Crippen molar-refractivity contribution < 1.29 is 19.4 Å². The highest BCUT2D eigenvalue weighted by Crippen LogP contribution is 2.52. The quantitative estimate of drug-likeness (QED) is 0.798. The van der Waals surface area contributed by atoms with Crippen molar-refractivity contribution in [2.75, 3.05) is 25.1 Å². The Balaban J connectivity index is 1.51. The molecule has 0 bridgehead atoms. The lowest BCUT2D eigenvalue weighted by atomic mass is 9.83. The molecule has 1 saturated heterocycles. The number of rotatable bonds is 6. The fraction of sp³-hybridized carbons (Fsp3) is 0.417. The van der Waals surface area contributed by atoms with Gasteiger partial charge in [0.25, 0.3) is 5.91 Å². The summed E-state index contributed by atoms with van der Waals surface area (Å²) < 4.78 is 6.38. The molecule has 2 amide bonds. The van der Waals surface area contributed by atoms with Crippen molar-refractivity contribution in [2.45, 2.75) is 38.0 Å². The second kappa shape index (κ2) is 8.20. The van der Waals surface area contributed by atoms with Gasteiger partial charge in [0.2, 0.25) is 5.91 Å². The molecule has 0 radical (unpaired) electrons. The van der Waals surface area contributed by atoms with Crippen LogP contribution < -0.4 is 4.90 Å². The van der Waals surface area contributed by atoms with E-state index in [0.29, 0.717) is 13.0 Å². The highest BCUT2D eigenvalue weighted by molar-refractivity contribution is 6.07. The average Bonchev–Trinajstić information content (AvgIpc) is 3.19. The molecule has 158 valence electrons. The van der Waals surface area contributed by atoms with E-state index in [1.165, 1.54) is 0 Å². The lowest BCUT2D eigenvalue weighted by Crippen LogP contribution is -2.42. The SMILES string of the molecule is C[C@@H]1C[C@H](CC(=O)N(CCO)Cc2ccccc2)O[C@@]12C(=O)N(C)c1ccccc12. The number of ether oxygens (including phenoxy) is 1. The monoisotopic (exact) mass is 408 g/mol. The summed E-state index contributed by atoms with van der Waals surface area (Å²) in [7, 11) is 1.77. The Morgan fingerprint density at radius 2 is 1.90 bits per heavy atom. The number of anilines is 1.